The number of rotatable bonds is 18. The van der Waals surface area contributed by atoms with Gasteiger partial charge >= 0.3 is 5.97 Å². The summed E-state index contributed by atoms with van der Waals surface area (Å²) in [4.78, 5) is 25.6. The number of ketones is 1. The lowest BCUT2D eigenvalue weighted by Gasteiger charge is -2.28. The number of benzene rings is 1. The molecule has 1 aromatic carbocycles. The van der Waals surface area contributed by atoms with Gasteiger partial charge in [-0.1, -0.05) is 50.6 Å². The van der Waals surface area contributed by atoms with Crippen molar-refractivity contribution < 1.29 is 27.5 Å². The highest BCUT2D eigenvalue weighted by Crippen LogP contribution is 2.18. The van der Waals surface area contributed by atoms with E-state index < -0.39 is 27.8 Å². The maximum atomic E-state index is 13.3. The van der Waals surface area contributed by atoms with E-state index in [2.05, 4.69) is 31.8 Å². The van der Waals surface area contributed by atoms with Crippen LogP contribution in [0.3, 0.4) is 0 Å². The van der Waals surface area contributed by atoms with Crippen LogP contribution in [0.5, 0.6) is 0 Å². The van der Waals surface area contributed by atoms with Crippen molar-refractivity contribution in [2.75, 3.05) is 38.0 Å². The van der Waals surface area contributed by atoms with Crippen molar-refractivity contribution >= 4 is 34.2 Å². The van der Waals surface area contributed by atoms with Crippen LogP contribution < -0.4 is 11.1 Å². The highest BCUT2D eigenvalue weighted by molar-refractivity contribution is 7.90. The summed E-state index contributed by atoms with van der Waals surface area (Å²) in [6, 6.07) is 9.40. The molecular weight excluding hydrogens is 488 g/mol. The van der Waals surface area contributed by atoms with E-state index in [9.17, 15) is 18.0 Å². The summed E-state index contributed by atoms with van der Waals surface area (Å²) in [5, 5.41) is 3.43. The lowest BCUT2D eigenvalue weighted by atomic mass is 9.94. The van der Waals surface area contributed by atoms with Crippen molar-refractivity contribution in [1.82, 2.24) is 5.32 Å². The molecule has 0 heterocycles. The normalized spacial score (nSPS) is 16.2. The number of methoxy groups -OCH3 is 1. The fraction of sp³-hybridized carbons (Fsp3) is 0.680. The van der Waals surface area contributed by atoms with E-state index in [0.717, 1.165) is 18.2 Å². The maximum absolute atomic E-state index is 13.3. The highest BCUT2D eigenvalue weighted by Gasteiger charge is 2.30. The Morgan fingerprint density at radius 3 is 2.40 bits per heavy atom. The van der Waals surface area contributed by atoms with Crippen molar-refractivity contribution in [1.29, 1.82) is 0 Å². The number of nitrogens with two attached hydrogens (primary N) is 1. The molecule has 2 unspecified atom stereocenters. The molecule has 8 nitrogen and oxygen atoms in total. The molecule has 35 heavy (non-hydrogen) atoms. The van der Waals surface area contributed by atoms with E-state index in [1.165, 1.54) is 7.11 Å². The Morgan fingerprint density at radius 1 is 1.20 bits per heavy atom. The van der Waals surface area contributed by atoms with Gasteiger partial charge in [-0.3, -0.25) is 9.59 Å². The Bertz CT molecular complexity index is 866. The van der Waals surface area contributed by atoms with Gasteiger partial charge in [-0.25, -0.2) is 8.42 Å². The van der Waals surface area contributed by atoms with Gasteiger partial charge in [0, 0.05) is 43.5 Å². The third kappa shape index (κ3) is 12.9. The van der Waals surface area contributed by atoms with Gasteiger partial charge < -0.3 is 20.5 Å². The van der Waals surface area contributed by atoms with Gasteiger partial charge in [0.2, 0.25) is 0 Å². The standard InChI is InChI=1S/C25H42N2O6S2/c1-5-18(2)22(27-15-21(26)17-34)16-33-24(13-19-9-7-6-8-10-19)23(28)14-20(25(29)32-3)11-12-35(4,30)31/h6-10,18,20-22,24,27,34H,5,11-17,26H2,1-4H3/t18?,20?,21-,22-,24+/m1/s1. The number of carbonyl (C=O) groups is 2. The number of sulfone groups is 1. The van der Waals surface area contributed by atoms with E-state index >= 15 is 0 Å². The van der Waals surface area contributed by atoms with Gasteiger partial charge in [-0.15, -0.1) is 0 Å². The molecule has 0 amide bonds. The average Bonchev–Trinajstić information content (AvgIpc) is 2.84. The predicted octanol–water partition coefficient (Wildman–Crippen LogP) is 2.06. The van der Waals surface area contributed by atoms with E-state index in [0.29, 0.717) is 25.3 Å². The fourth-order valence-electron chi connectivity index (χ4n) is 3.59. The molecule has 0 aromatic heterocycles. The number of esters is 1. The Labute approximate surface area is 216 Å². The zero-order valence-corrected chi connectivity index (χ0v) is 23.0. The van der Waals surface area contributed by atoms with Crippen LogP contribution in [-0.2, 0) is 35.3 Å². The monoisotopic (exact) mass is 530 g/mol. The second-order valence-electron chi connectivity index (χ2n) is 9.16. The molecular formula is C25H42N2O6S2. The Balaban J connectivity index is 3.02. The van der Waals surface area contributed by atoms with Crippen LogP contribution in [0, 0.1) is 11.8 Å². The number of hydrogen-bond donors (Lipinski definition) is 3. The molecule has 0 aliphatic heterocycles. The summed E-state index contributed by atoms with van der Waals surface area (Å²) >= 11 is 4.23. The second-order valence-corrected chi connectivity index (χ2v) is 11.8. The van der Waals surface area contributed by atoms with Crippen LogP contribution in [-0.4, -0.2) is 76.4 Å². The predicted molar refractivity (Wildman–Crippen MR) is 142 cm³/mol. The molecule has 0 bridgehead atoms. The summed E-state index contributed by atoms with van der Waals surface area (Å²) in [6.07, 6.45) is 1.47. The molecule has 0 aliphatic rings. The minimum atomic E-state index is -3.29. The first-order valence-electron chi connectivity index (χ1n) is 12.0. The average molecular weight is 531 g/mol. The smallest absolute Gasteiger partial charge is 0.309 e. The first-order chi connectivity index (χ1) is 16.5. The van der Waals surface area contributed by atoms with E-state index in [1.54, 1.807) is 0 Å². The first kappa shape index (κ1) is 31.6. The summed E-state index contributed by atoms with van der Waals surface area (Å²) < 4.78 is 34.3. The molecule has 0 saturated heterocycles. The second kappa shape index (κ2) is 16.3. The van der Waals surface area contributed by atoms with Crippen LogP contribution in [0.1, 0.15) is 38.7 Å². The summed E-state index contributed by atoms with van der Waals surface area (Å²) in [7, 11) is -2.06. The summed E-state index contributed by atoms with van der Waals surface area (Å²) in [6.45, 7) is 5.08. The molecule has 200 valence electrons. The van der Waals surface area contributed by atoms with Crippen molar-refractivity contribution in [3.63, 3.8) is 0 Å². The van der Waals surface area contributed by atoms with Crippen molar-refractivity contribution in [3.8, 4) is 0 Å². The minimum Gasteiger partial charge on any atom is -0.469 e. The van der Waals surface area contributed by atoms with Crippen LogP contribution in [0.25, 0.3) is 0 Å². The topological polar surface area (TPSA) is 125 Å². The van der Waals surface area contributed by atoms with Gasteiger partial charge in [-0.2, -0.15) is 12.6 Å². The molecule has 5 atom stereocenters. The number of hydrogen-bond acceptors (Lipinski definition) is 9. The molecule has 0 radical (unpaired) electrons. The van der Waals surface area contributed by atoms with Gasteiger partial charge in [0.15, 0.2) is 5.78 Å². The SMILES string of the molecule is CCC(C)[C@@H](CO[C@@H](Cc1ccccc1)C(=O)CC(CCS(C)(=O)=O)C(=O)OC)NC[C@@H](N)CS. The van der Waals surface area contributed by atoms with Crippen LogP contribution in [0.2, 0.25) is 0 Å². The van der Waals surface area contributed by atoms with Crippen molar-refractivity contribution in [2.24, 2.45) is 17.6 Å². The van der Waals surface area contributed by atoms with E-state index in [4.69, 9.17) is 15.2 Å². The van der Waals surface area contributed by atoms with Crippen molar-refractivity contribution in [3.05, 3.63) is 35.9 Å². The number of nitrogens with one attached hydrogen (secondary N) is 1. The zero-order valence-electron chi connectivity index (χ0n) is 21.3. The fourth-order valence-corrected chi connectivity index (χ4v) is 4.43. The van der Waals surface area contributed by atoms with Crippen LogP contribution in [0.4, 0.5) is 0 Å². The van der Waals surface area contributed by atoms with Crippen LogP contribution >= 0.6 is 12.6 Å². The molecule has 0 fully saturated rings. The third-order valence-electron chi connectivity index (χ3n) is 6.13. The summed E-state index contributed by atoms with van der Waals surface area (Å²) in [5.74, 6) is -1.06. The molecule has 3 N–H and O–H groups in total. The lowest BCUT2D eigenvalue weighted by Crippen LogP contribution is -2.46. The third-order valence-corrected chi connectivity index (χ3v) is 7.57. The number of ether oxygens (including phenoxy) is 2. The number of Topliss-reactive ketones (excluding diaryl/α,β-unsaturated/α-hetero) is 1. The Kier molecular flexibility index (Phi) is 14.7. The van der Waals surface area contributed by atoms with Gasteiger partial charge in [0.25, 0.3) is 0 Å². The quantitative estimate of drug-likeness (QED) is 0.195. The highest BCUT2D eigenvalue weighted by atomic mass is 32.2. The zero-order chi connectivity index (χ0) is 26.4. The maximum Gasteiger partial charge on any atom is 0.309 e. The number of carbonyl (C=O) groups excluding carboxylic acids is 2. The number of thiol groups is 1. The van der Waals surface area contributed by atoms with Crippen LogP contribution in [0.15, 0.2) is 30.3 Å². The Hall–Kier alpha value is -1.46. The molecule has 1 rings (SSSR count). The van der Waals surface area contributed by atoms with E-state index in [1.807, 2.05) is 30.3 Å². The molecule has 0 spiro atoms. The Morgan fingerprint density at radius 2 is 1.86 bits per heavy atom. The minimum absolute atomic E-state index is 0.0151. The largest absolute Gasteiger partial charge is 0.469 e. The van der Waals surface area contributed by atoms with Gasteiger partial charge in [0.1, 0.15) is 15.9 Å². The van der Waals surface area contributed by atoms with E-state index in [-0.39, 0.29) is 42.4 Å². The molecule has 0 saturated carbocycles. The molecule has 1 aromatic rings. The van der Waals surface area contributed by atoms with Gasteiger partial charge in [0.05, 0.1) is 25.4 Å². The van der Waals surface area contributed by atoms with Crippen molar-refractivity contribution in [2.45, 2.75) is 57.7 Å². The first-order valence-corrected chi connectivity index (χ1v) is 14.7. The molecule has 0 aliphatic carbocycles. The lowest BCUT2D eigenvalue weighted by molar-refractivity contribution is -0.148. The molecule has 10 heteroatoms. The summed E-state index contributed by atoms with van der Waals surface area (Å²) in [5.41, 5.74) is 6.94. The van der Waals surface area contributed by atoms with Gasteiger partial charge in [-0.05, 0) is 17.9 Å².